The molecule has 0 radical (unpaired) electrons. The van der Waals surface area contributed by atoms with Crippen LogP contribution in [0.2, 0.25) is 0 Å². The molecule has 0 aliphatic carbocycles. The molecule has 20 heavy (non-hydrogen) atoms. The van der Waals surface area contributed by atoms with Crippen LogP contribution in [0.15, 0.2) is 30.3 Å². The van der Waals surface area contributed by atoms with Crippen LogP contribution >= 0.6 is 0 Å². The highest BCUT2D eigenvalue weighted by atomic mass is 32.2. The van der Waals surface area contributed by atoms with Crippen molar-refractivity contribution in [3.63, 3.8) is 0 Å². The molecule has 1 fully saturated rings. The van der Waals surface area contributed by atoms with Crippen molar-refractivity contribution in [1.29, 1.82) is 0 Å². The van der Waals surface area contributed by atoms with E-state index in [1.165, 1.54) is 22.7 Å². The Kier molecular flexibility index (Phi) is 4.57. The van der Waals surface area contributed by atoms with Crippen LogP contribution < -0.4 is 0 Å². The molecule has 110 valence electrons. The highest BCUT2D eigenvalue weighted by Crippen LogP contribution is 2.25. The Balaban J connectivity index is 2.11. The van der Waals surface area contributed by atoms with Gasteiger partial charge in [0.15, 0.2) is 5.78 Å². The molecule has 0 spiro atoms. The molecule has 1 atom stereocenters. The zero-order chi connectivity index (χ0) is 14.8. The van der Waals surface area contributed by atoms with Gasteiger partial charge < -0.3 is 0 Å². The number of rotatable bonds is 5. The average Bonchev–Trinajstić information content (AvgIpc) is 2.88. The molecule has 0 bridgehead atoms. The van der Waals surface area contributed by atoms with Crippen molar-refractivity contribution in [1.82, 2.24) is 8.61 Å². The molecule has 5 nitrogen and oxygen atoms in total. The van der Waals surface area contributed by atoms with Crippen molar-refractivity contribution in [2.75, 3.05) is 20.6 Å². The lowest BCUT2D eigenvalue weighted by Crippen LogP contribution is -2.43. The fourth-order valence-corrected chi connectivity index (χ4v) is 3.82. The minimum atomic E-state index is -3.44. The van der Waals surface area contributed by atoms with Crippen molar-refractivity contribution in [3.8, 4) is 0 Å². The second-order valence-corrected chi connectivity index (χ2v) is 7.29. The molecule has 0 saturated carbocycles. The molecule has 6 heteroatoms. The fraction of sp³-hybridized carbons (Fsp3) is 0.500. The quantitative estimate of drug-likeness (QED) is 0.774. The highest BCUT2D eigenvalue weighted by molar-refractivity contribution is 7.86. The molecule has 0 amide bonds. The standard InChI is InChI=1S/C14H20N2O3S/c1-15(2)20(18,19)16-10-6-9-13(16)11-14(17)12-7-4-3-5-8-12/h3-5,7-8,13H,6,9-11H2,1-2H3/t13-/m1/s1. The third kappa shape index (κ3) is 3.08. The SMILES string of the molecule is CN(C)S(=O)(=O)N1CCC[C@@H]1CC(=O)c1ccccc1. The van der Waals surface area contributed by atoms with Crippen molar-refractivity contribution < 1.29 is 13.2 Å². The lowest BCUT2D eigenvalue weighted by Gasteiger charge is -2.26. The van der Waals surface area contributed by atoms with Gasteiger partial charge in [0.05, 0.1) is 0 Å². The van der Waals surface area contributed by atoms with E-state index in [1.807, 2.05) is 18.2 Å². The Morgan fingerprint density at radius 1 is 1.30 bits per heavy atom. The average molecular weight is 296 g/mol. The first-order valence-electron chi connectivity index (χ1n) is 6.70. The summed E-state index contributed by atoms with van der Waals surface area (Å²) in [5, 5.41) is 0. The molecule has 0 unspecified atom stereocenters. The summed E-state index contributed by atoms with van der Waals surface area (Å²) in [6, 6.07) is 8.79. The van der Waals surface area contributed by atoms with Gasteiger partial charge in [-0.25, -0.2) is 0 Å². The smallest absolute Gasteiger partial charge is 0.281 e. The number of carbonyl (C=O) groups excluding carboxylic acids is 1. The Morgan fingerprint density at radius 2 is 1.95 bits per heavy atom. The summed E-state index contributed by atoms with van der Waals surface area (Å²) in [6.45, 7) is 0.493. The lowest BCUT2D eigenvalue weighted by molar-refractivity contribution is 0.0960. The number of nitrogens with zero attached hydrogens (tertiary/aromatic N) is 2. The molecule has 1 aromatic carbocycles. The van der Waals surface area contributed by atoms with Gasteiger partial charge in [0.25, 0.3) is 10.2 Å². The third-order valence-electron chi connectivity index (χ3n) is 3.60. The zero-order valence-corrected chi connectivity index (χ0v) is 12.6. The molecule has 0 aromatic heterocycles. The summed E-state index contributed by atoms with van der Waals surface area (Å²) in [4.78, 5) is 12.2. The van der Waals surface area contributed by atoms with Crippen LogP contribution in [0.3, 0.4) is 0 Å². The summed E-state index contributed by atoms with van der Waals surface area (Å²) in [5.74, 6) is -0.00328. The number of hydrogen-bond donors (Lipinski definition) is 0. The Morgan fingerprint density at radius 3 is 2.55 bits per heavy atom. The largest absolute Gasteiger partial charge is 0.294 e. The zero-order valence-electron chi connectivity index (χ0n) is 11.8. The first-order valence-corrected chi connectivity index (χ1v) is 8.10. The highest BCUT2D eigenvalue weighted by Gasteiger charge is 2.36. The van der Waals surface area contributed by atoms with E-state index in [-0.39, 0.29) is 18.2 Å². The molecule has 1 heterocycles. The Bertz CT molecular complexity index is 569. The van der Waals surface area contributed by atoms with Gasteiger partial charge in [0.1, 0.15) is 0 Å². The van der Waals surface area contributed by atoms with Gasteiger partial charge >= 0.3 is 0 Å². The van der Waals surface area contributed by atoms with Gasteiger partial charge in [-0.05, 0) is 12.8 Å². The predicted octanol–water partition coefficient (Wildman–Crippen LogP) is 1.53. The molecular formula is C14H20N2O3S. The second kappa shape index (κ2) is 6.03. The Labute approximate surface area is 120 Å². The maximum atomic E-state index is 12.2. The van der Waals surface area contributed by atoms with Crippen molar-refractivity contribution in [2.45, 2.75) is 25.3 Å². The molecule has 1 aromatic rings. The molecule has 2 rings (SSSR count). The fourth-order valence-electron chi connectivity index (χ4n) is 2.48. The molecular weight excluding hydrogens is 276 g/mol. The van der Waals surface area contributed by atoms with E-state index >= 15 is 0 Å². The van der Waals surface area contributed by atoms with Gasteiger partial charge in [-0.1, -0.05) is 30.3 Å². The second-order valence-electron chi connectivity index (χ2n) is 5.19. The lowest BCUT2D eigenvalue weighted by atomic mass is 10.0. The van der Waals surface area contributed by atoms with E-state index in [1.54, 1.807) is 12.1 Å². The van der Waals surface area contributed by atoms with Gasteiger partial charge in [-0.2, -0.15) is 17.0 Å². The van der Waals surface area contributed by atoms with E-state index in [9.17, 15) is 13.2 Å². The maximum absolute atomic E-state index is 12.2. The van der Waals surface area contributed by atoms with E-state index in [0.717, 1.165) is 12.8 Å². The van der Waals surface area contributed by atoms with Crippen LogP contribution in [0.5, 0.6) is 0 Å². The van der Waals surface area contributed by atoms with Crippen LogP contribution in [0.4, 0.5) is 0 Å². The minimum Gasteiger partial charge on any atom is -0.294 e. The number of ketones is 1. The first-order chi connectivity index (χ1) is 9.43. The summed E-state index contributed by atoms with van der Waals surface area (Å²) < 4.78 is 27.1. The molecule has 0 N–H and O–H groups in total. The minimum absolute atomic E-state index is 0.00328. The summed E-state index contributed by atoms with van der Waals surface area (Å²) >= 11 is 0. The van der Waals surface area contributed by atoms with Crippen LogP contribution in [0.1, 0.15) is 29.6 Å². The van der Waals surface area contributed by atoms with E-state index < -0.39 is 10.2 Å². The molecule has 1 aliphatic heterocycles. The summed E-state index contributed by atoms with van der Waals surface area (Å²) in [5.41, 5.74) is 0.640. The topological polar surface area (TPSA) is 57.7 Å². The number of hydrogen-bond acceptors (Lipinski definition) is 3. The monoisotopic (exact) mass is 296 g/mol. The van der Waals surface area contributed by atoms with Crippen LogP contribution in [0, 0.1) is 0 Å². The normalized spacial score (nSPS) is 20.4. The van der Waals surface area contributed by atoms with Gasteiger partial charge in [0.2, 0.25) is 0 Å². The maximum Gasteiger partial charge on any atom is 0.281 e. The van der Waals surface area contributed by atoms with E-state index in [4.69, 9.17) is 0 Å². The van der Waals surface area contributed by atoms with Crippen molar-refractivity contribution in [3.05, 3.63) is 35.9 Å². The van der Waals surface area contributed by atoms with E-state index in [0.29, 0.717) is 12.1 Å². The number of carbonyl (C=O) groups is 1. The third-order valence-corrected chi connectivity index (χ3v) is 5.59. The predicted molar refractivity (Wildman–Crippen MR) is 77.7 cm³/mol. The van der Waals surface area contributed by atoms with Gasteiger partial charge in [0, 0.05) is 38.7 Å². The van der Waals surface area contributed by atoms with Gasteiger partial charge in [-0.15, -0.1) is 0 Å². The van der Waals surface area contributed by atoms with E-state index in [2.05, 4.69) is 0 Å². The molecule has 1 aliphatic rings. The van der Waals surface area contributed by atoms with Crippen molar-refractivity contribution in [2.24, 2.45) is 0 Å². The van der Waals surface area contributed by atoms with Crippen LogP contribution in [-0.4, -0.2) is 49.5 Å². The molecule has 1 saturated heterocycles. The summed E-state index contributed by atoms with van der Waals surface area (Å²) in [7, 11) is -0.404. The van der Waals surface area contributed by atoms with Crippen LogP contribution in [-0.2, 0) is 10.2 Å². The van der Waals surface area contributed by atoms with Crippen LogP contribution in [0.25, 0.3) is 0 Å². The summed E-state index contributed by atoms with van der Waals surface area (Å²) in [6.07, 6.45) is 1.79. The Hall–Kier alpha value is -1.24. The van der Waals surface area contributed by atoms with Gasteiger partial charge in [-0.3, -0.25) is 4.79 Å². The first kappa shape index (κ1) is 15.2. The van der Waals surface area contributed by atoms with Crippen molar-refractivity contribution >= 4 is 16.0 Å². The number of Topliss-reactive ketones (excluding diaryl/α,β-unsaturated/α-hetero) is 1. The number of benzene rings is 1.